The number of aliphatic carboxylic acids is 1. The average Bonchev–Trinajstić information content (AvgIpc) is 2.10. The Morgan fingerprint density at radius 2 is 2.00 bits per heavy atom. The van der Waals surface area contributed by atoms with E-state index in [9.17, 15) is 4.79 Å². The predicted octanol–water partition coefficient (Wildman–Crippen LogP) is 0.689. The smallest absolute Gasteiger partial charge is 0.303 e. The molecule has 0 saturated carbocycles. The van der Waals surface area contributed by atoms with E-state index in [2.05, 4.69) is 30.7 Å². The largest absolute Gasteiger partial charge is 0.481 e. The molecular weight excluding hydrogens is 180 g/mol. The van der Waals surface area contributed by atoms with E-state index in [4.69, 9.17) is 5.11 Å². The molecule has 1 rings (SSSR count). The third kappa shape index (κ3) is 2.25. The van der Waals surface area contributed by atoms with E-state index in [1.54, 1.807) is 0 Å². The summed E-state index contributed by atoms with van der Waals surface area (Å²) < 4.78 is 0. The molecule has 4 nitrogen and oxygen atoms in total. The van der Waals surface area contributed by atoms with Crippen molar-refractivity contribution in [3.8, 4) is 0 Å². The zero-order valence-electron chi connectivity index (χ0n) is 9.40. The summed E-state index contributed by atoms with van der Waals surface area (Å²) in [5.74, 6) is -0.461. The van der Waals surface area contributed by atoms with Crippen LogP contribution in [0.1, 0.15) is 20.3 Å². The maximum atomic E-state index is 10.7. The normalized spacial score (nSPS) is 35.9. The lowest BCUT2D eigenvalue weighted by Gasteiger charge is -2.46. The number of nitrogens with zero attached hydrogens (tertiary/aromatic N) is 2. The molecule has 1 N–H and O–H groups in total. The first-order valence-corrected chi connectivity index (χ1v) is 5.07. The van der Waals surface area contributed by atoms with Gasteiger partial charge in [-0.15, -0.1) is 0 Å². The lowest BCUT2D eigenvalue weighted by atomic mass is 9.92. The maximum absolute atomic E-state index is 10.7. The zero-order chi connectivity index (χ0) is 10.9. The molecule has 3 atom stereocenters. The van der Waals surface area contributed by atoms with Gasteiger partial charge < -0.3 is 5.11 Å². The summed E-state index contributed by atoms with van der Waals surface area (Å²) in [5, 5.41) is 8.78. The molecule has 1 fully saturated rings. The van der Waals surface area contributed by atoms with Gasteiger partial charge in [-0.3, -0.25) is 14.6 Å². The van der Waals surface area contributed by atoms with Crippen LogP contribution in [0, 0.1) is 5.92 Å². The average molecular weight is 200 g/mol. The Morgan fingerprint density at radius 1 is 1.43 bits per heavy atom. The molecule has 0 spiro atoms. The van der Waals surface area contributed by atoms with Gasteiger partial charge in [-0.05, 0) is 33.9 Å². The van der Waals surface area contributed by atoms with Gasteiger partial charge >= 0.3 is 5.97 Å². The predicted molar refractivity (Wildman–Crippen MR) is 55.1 cm³/mol. The van der Waals surface area contributed by atoms with E-state index in [0.717, 1.165) is 6.54 Å². The number of hydrogen-bond donors (Lipinski definition) is 1. The van der Waals surface area contributed by atoms with Gasteiger partial charge in [0.1, 0.15) is 0 Å². The number of carbonyl (C=O) groups is 1. The first-order valence-electron chi connectivity index (χ1n) is 5.07. The summed E-state index contributed by atoms with van der Waals surface area (Å²) in [7, 11) is 4.10. The van der Waals surface area contributed by atoms with Crippen molar-refractivity contribution >= 4 is 5.97 Å². The Hall–Kier alpha value is -0.610. The molecule has 1 heterocycles. The number of rotatable bonds is 2. The van der Waals surface area contributed by atoms with Gasteiger partial charge in [-0.1, -0.05) is 0 Å². The molecule has 1 saturated heterocycles. The van der Waals surface area contributed by atoms with Gasteiger partial charge in [0.15, 0.2) is 0 Å². The number of hydrogen-bond acceptors (Lipinski definition) is 3. The van der Waals surface area contributed by atoms with Crippen molar-refractivity contribution in [3.63, 3.8) is 0 Å². The lowest BCUT2D eigenvalue weighted by Crippen LogP contribution is -2.57. The molecule has 0 aliphatic carbocycles. The first-order chi connectivity index (χ1) is 6.43. The van der Waals surface area contributed by atoms with Crippen LogP contribution in [-0.4, -0.2) is 53.7 Å². The lowest BCUT2D eigenvalue weighted by molar-refractivity contribution is -0.140. The zero-order valence-corrected chi connectivity index (χ0v) is 9.40. The fraction of sp³-hybridized carbons (Fsp3) is 0.900. The fourth-order valence-electron chi connectivity index (χ4n) is 2.12. The third-order valence-electron chi connectivity index (χ3n) is 3.51. The van der Waals surface area contributed by atoms with Crippen LogP contribution in [0.2, 0.25) is 0 Å². The van der Waals surface area contributed by atoms with Gasteiger partial charge in [0.2, 0.25) is 0 Å². The molecule has 82 valence electrons. The minimum atomic E-state index is -0.696. The van der Waals surface area contributed by atoms with Crippen molar-refractivity contribution in [1.82, 2.24) is 9.80 Å². The van der Waals surface area contributed by atoms with Crippen molar-refractivity contribution in [2.24, 2.45) is 5.92 Å². The highest BCUT2D eigenvalue weighted by molar-refractivity contribution is 5.67. The monoisotopic (exact) mass is 200 g/mol. The molecule has 1 aliphatic heterocycles. The molecule has 0 aromatic rings. The van der Waals surface area contributed by atoms with E-state index >= 15 is 0 Å². The van der Waals surface area contributed by atoms with Crippen LogP contribution in [0.5, 0.6) is 0 Å². The van der Waals surface area contributed by atoms with Crippen molar-refractivity contribution in [1.29, 1.82) is 0 Å². The highest BCUT2D eigenvalue weighted by Gasteiger charge is 2.33. The van der Waals surface area contributed by atoms with Gasteiger partial charge in [-0.2, -0.15) is 0 Å². The first kappa shape index (κ1) is 11.5. The van der Waals surface area contributed by atoms with Crippen molar-refractivity contribution in [3.05, 3.63) is 0 Å². The second-order valence-electron chi connectivity index (χ2n) is 4.34. The second-order valence-corrected chi connectivity index (χ2v) is 4.34. The van der Waals surface area contributed by atoms with Gasteiger partial charge in [0.05, 0.1) is 12.6 Å². The molecule has 14 heavy (non-hydrogen) atoms. The molecule has 1 aliphatic rings. The third-order valence-corrected chi connectivity index (χ3v) is 3.51. The SMILES string of the molecule is CC1C(CC(=O)O)CN(C)C(C)N1C. The van der Waals surface area contributed by atoms with Crippen molar-refractivity contribution in [2.75, 3.05) is 20.6 Å². The topological polar surface area (TPSA) is 43.8 Å². The van der Waals surface area contributed by atoms with E-state index in [1.807, 2.05) is 7.05 Å². The van der Waals surface area contributed by atoms with E-state index < -0.39 is 5.97 Å². The summed E-state index contributed by atoms with van der Waals surface area (Å²) in [6, 6.07) is 0.345. The van der Waals surface area contributed by atoms with Crippen LogP contribution < -0.4 is 0 Å². The summed E-state index contributed by atoms with van der Waals surface area (Å²) >= 11 is 0. The highest BCUT2D eigenvalue weighted by atomic mass is 16.4. The van der Waals surface area contributed by atoms with Crippen molar-refractivity contribution in [2.45, 2.75) is 32.5 Å². The van der Waals surface area contributed by atoms with Crippen LogP contribution in [0.25, 0.3) is 0 Å². The molecule has 0 aromatic heterocycles. The molecule has 4 heteroatoms. The van der Waals surface area contributed by atoms with Crippen LogP contribution in [0.4, 0.5) is 0 Å². The van der Waals surface area contributed by atoms with Gasteiger partial charge in [0.25, 0.3) is 0 Å². The van der Waals surface area contributed by atoms with Crippen LogP contribution in [-0.2, 0) is 4.79 Å². The molecule has 0 bridgehead atoms. The Labute approximate surface area is 85.5 Å². The minimum absolute atomic E-state index is 0.235. The Kier molecular flexibility index (Phi) is 3.50. The highest BCUT2D eigenvalue weighted by Crippen LogP contribution is 2.24. The summed E-state index contributed by atoms with van der Waals surface area (Å²) in [6.07, 6.45) is 0.665. The van der Waals surface area contributed by atoms with E-state index in [0.29, 0.717) is 12.2 Å². The second kappa shape index (κ2) is 4.28. The van der Waals surface area contributed by atoms with Gasteiger partial charge in [-0.25, -0.2) is 0 Å². The van der Waals surface area contributed by atoms with Crippen LogP contribution in [0.3, 0.4) is 0 Å². The molecule has 0 amide bonds. The minimum Gasteiger partial charge on any atom is -0.481 e. The summed E-state index contributed by atoms with van der Waals surface area (Å²) in [4.78, 5) is 15.1. The Morgan fingerprint density at radius 3 is 2.50 bits per heavy atom. The molecule has 3 unspecified atom stereocenters. The van der Waals surface area contributed by atoms with Crippen LogP contribution >= 0.6 is 0 Å². The maximum Gasteiger partial charge on any atom is 0.303 e. The van der Waals surface area contributed by atoms with E-state index in [-0.39, 0.29) is 12.3 Å². The molecular formula is C10H20N2O2. The standard InChI is InChI=1S/C10H20N2O2/c1-7-9(5-10(13)14)6-11(3)8(2)12(7)4/h7-9H,5-6H2,1-4H3,(H,13,14). The number of carboxylic acid groups (broad SMARTS) is 1. The van der Waals surface area contributed by atoms with Gasteiger partial charge in [0, 0.05) is 12.6 Å². The molecule has 0 aromatic carbocycles. The summed E-state index contributed by atoms with van der Waals surface area (Å²) in [5.41, 5.74) is 0. The Bertz CT molecular complexity index is 220. The number of carboxylic acids is 1. The molecule has 0 radical (unpaired) electrons. The van der Waals surface area contributed by atoms with E-state index in [1.165, 1.54) is 0 Å². The summed E-state index contributed by atoms with van der Waals surface area (Å²) in [6.45, 7) is 5.13. The van der Waals surface area contributed by atoms with Crippen molar-refractivity contribution < 1.29 is 9.90 Å². The Balaban J connectivity index is 2.65. The quantitative estimate of drug-likeness (QED) is 0.712. The fourth-order valence-corrected chi connectivity index (χ4v) is 2.12. The van der Waals surface area contributed by atoms with Crippen LogP contribution in [0.15, 0.2) is 0 Å².